The molecule has 0 bridgehead atoms. The molecule has 0 aliphatic heterocycles. The van der Waals surface area contributed by atoms with Crippen LogP contribution >= 0.6 is 11.6 Å². The monoisotopic (exact) mass is 462 g/mol. The lowest BCUT2D eigenvalue weighted by atomic mass is 9.99. The fourth-order valence-electron chi connectivity index (χ4n) is 3.52. The van der Waals surface area contributed by atoms with Crippen molar-refractivity contribution in [2.45, 2.75) is 39.7 Å². The average Bonchev–Trinajstić information content (AvgIpc) is 2.82. The van der Waals surface area contributed by atoms with Crippen molar-refractivity contribution >= 4 is 29.0 Å². The van der Waals surface area contributed by atoms with E-state index in [1.807, 2.05) is 49.4 Å². The van der Waals surface area contributed by atoms with Crippen molar-refractivity contribution in [1.29, 1.82) is 5.26 Å². The van der Waals surface area contributed by atoms with Crippen molar-refractivity contribution in [2.24, 2.45) is 0 Å². The highest BCUT2D eigenvalue weighted by molar-refractivity contribution is 6.31. The summed E-state index contributed by atoms with van der Waals surface area (Å²) in [6.45, 7) is 3.64. The summed E-state index contributed by atoms with van der Waals surface area (Å²) in [7, 11) is 0. The van der Waals surface area contributed by atoms with Crippen LogP contribution in [0.2, 0.25) is 5.02 Å². The van der Waals surface area contributed by atoms with Crippen molar-refractivity contribution in [2.75, 3.05) is 4.90 Å². The number of carbonyl (C=O) groups excluding carboxylic acids is 1. The summed E-state index contributed by atoms with van der Waals surface area (Å²) in [5, 5.41) is 21.3. The van der Waals surface area contributed by atoms with Gasteiger partial charge in [-0.2, -0.15) is 5.26 Å². The molecule has 8 heteroatoms. The summed E-state index contributed by atoms with van der Waals surface area (Å²) in [4.78, 5) is 29.8. The third-order valence-electron chi connectivity index (χ3n) is 5.36. The second kappa shape index (κ2) is 10.7. The van der Waals surface area contributed by atoms with Crippen molar-refractivity contribution in [1.82, 2.24) is 4.98 Å². The molecule has 3 rings (SSSR count). The Kier molecular flexibility index (Phi) is 7.75. The van der Waals surface area contributed by atoms with Crippen LogP contribution in [0.5, 0.6) is 0 Å². The Morgan fingerprint density at radius 3 is 2.55 bits per heavy atom. The van der Waals surface area contributed by atoms with E-state index in [9.17, 15) is 20.2 Å². The van der Waals surface area contributed by atoms with Crippen LogP contribution in [0.25, 0.3) is 11.1 Å². The molecule has 1 amide bonds. The van der Waals surface area contributed by atoms with E-state index < -0.39 is 4.92 Å². The van der Waals surface area contributed by atoms with E-state index in [4.69, 9.17) is 11.6 Å². The molecule has 0 aliphatic rings. The standard InChI is InChI=1S/C25H23ClN4O3/c1-3-4-9-23(31)29(25-24(30(32)33)17(2)22(26)15-28-25)16-18-10-12-19(13-11-18)21-8-6-5-7-20(21)14-27/h5-8,10-13,15H,3-4,9,16H2,1-2H3. The van der Waals surface area contributed by atoms with Gasteiger partial charge in [-0.15, -0.1) is 0 Å². The minimum Gasteiger partial charge on any atom is -0.287 e. The highest BCUT2D eigenvalue weighted by Gasteiger charge is 2.29. The predicted molar refractivity (Wildman–Crippen MR) is 128 cm³/mol. The summed E-state index contributed by atoms with van der Waals surface area (Å²) in [5.74, 6) is -0.255. The van der Waals surface area contributed by atoms with Crippen LogP contribution in [0.1, 0.15) is 42.9 Å². The number of unbranched alkanes of at least 4 members (excludes halogenated alkanes) is 1. The summed E-state index contributed by atoms with van der Waals surface area (Å²) >= 11 is 6.06. The van der Waals surface area contributed by atoms with Gasteiger partial charge >= 0.3 is 5.69 Å². The number of nitro groups is 1. The van der Waals surface area contributed by atoms with E-state index in [1.54, 1.807) is 13.0 Å². The number of aromatic nitrogens is 1. The fourth-order valence-corrected chi connectivity index (χ4v) is 3.66. The van der Waals surface area contributed by atoms with Crippen LogP contribution in [0, 0.1) is 28.4 Å². The molecule has 0 radical (unpaired) electrons. The lowest BCUT2D eigenvalue weighted by molar-refractivity contribution is -0.384. The zero-order valence-corrected chi connectivity index (χ0v) is 19.2. The normalized spacial score (nSPS) is 10.5. The van der Waals surface area contributed by atoms with Gasteiger partial charge < -0.3 is 0 Å². The number of carbonyl (C=O) groups is 1. The number of rotatable bonds is 8. The summed E-state index contributed by atoms with van der Waals surface area (Å²) in [6, 6.07) is 16.9. The maximum absolute atomic E-state index is 13.0. The first-order valence-electron chi connectivity index (χ1n) is 10.6. The van der Waals surface area contributed by atoms with E-state index in [-0.39, 0.29) is 41.0 Å². The minimum atomic E-state index is -0.550. The fraction of sp³-hybridized carbons (Fsp3) is 0.240. The maximum atomic E-state index is 13.0. The van der Waals surface area contributed by atoms with Gasteiger partial charge in [-0.1, -0.05) is 67.4 Å². The van der Waals surface area contributed by atoms with Crippen LogP contribution in [0.4, 0.5) is 11.5 Å². The van der Waals surface area contributed by atoms with Gasteiger partial charge in [0.05, 0.1) is 33.7 Å². The summed E-state index contributed by atoms with van der Waals surface area (Å²) in [5.41, 5.74) is 3.02. The van der Waals surface area contributed by atoms with E-state index in [1.165, 1.54) is 11.1 Å². The zero-order valence-electron chi connectivity index (χ0n) is 18.4. The number of halogens is 1. The quantitative estimate of drug-likeness (QED) is 0.292. The third kappa shape index (κ3) is 5.36. The Bertz CT molecular complexity index is 1220. The van der Waals surface area contributed by atoms with Gasteiger partial charge in [-0.05, 0) is 36.1 Å². The topological polar surface area (TPSA) is 100 Å². The molecular formula is C25H23ClN4O3. The van der Waals surface area contributed by atoms with Crippen molar-refractivity contribution in [3.63, 3.8) is 0 Å². The Morgan fingerprint density at radius 2 is 1.91 bits per heavy atom. The number of pyridine rings is 1. The molecular weight excluding hydrogens is 440 g/mol. The molecule has 33 heavy (non-hydrogen) atoms. The van der Waals surface area contributed by atoms with Crippen molar-refractivity contribution in [3.05, 3.63) is 86.6 Å². The molecule has 7 nitrogen and oxygen atoms in total. The number of hydrogen-bond donors (Lipinski definition) is 0. The number of nitrogens with zero attached hydrogens (tertiary/aromatic N) is 4. The van der Waals surface area contributed by atoms with Gasteiger partial charge in [-0.3, -0.25) is 19.8 Å². The smallest absolute Gasteiger partial charge is 0.287 e. The number of amides is 1. The van der Waals surface area contributed by atoms with Crippen LogP contribution in [-0.4, -0.2) is 15.8 Å². The van der Waals surface area contributed by atoms with Gasteiger partial charge in [0.25, 0.3) is 0 Å². The van der Waals surface area contributed by atoms with Gasteiger partial charge in [0.2, 0.25) is 11.7 Å². The van der Waals surface area contributed by atoms with E-state index in [0.29, 0.717) is 12.0 Å². The van der Waals surface area contributed by atoms with Crippen molar-refractivity contribution < 1.29 is 9.72 Å². The lowest BCUT2D eigenvalue weighted by Gasteiger charge is -2.22. The number of hydrogen-bond acceptors (Lipinski definition) is 5. The zero-order chi connectivity index (χ0) is 24.0. The molecule has 0 unspecified atom stereocenters. The SMILES string of the molecule is CCCCC(=O)N(Cc1ccc(-c2ccccc2C#N)cc1)c1ncc(Cl)c(C)c1[N+](=O)[O-]. The van der Waals surface area contributed by atoms with E-state index in [2.05, 4.69) is 11.1 Å². The first-order chi connectivity index (χ1) is 15.9. The van der Waals surface area contributed by atoms with Gasteiger partial charge in [0.15, 0.2) is 0 Å². The molecule has 0 aliphatic carbocycles. The first kappa shape index (κ1) is 23.9. The minimum absolute atomic E-state index is 0.0121. The number of benzene rings is 2. The van der Waals surface area contributed by atoms with Crippen LogP contribution in [-0.2, 0) is 11.3 Å². The first-order valence-corrected chi connectivity index (χ1v) is 10.9. The van der Waals surface area contributed by atoms with Gasteiger partial charge in [0, 0.05) is 12.6 Å². The molecule has 0 spiro atoms. The second-order valence-corrected chi connectivity index (χ2v) is 8.01. The molecule has 0 N–H and O–H groups in total. The largest absolute Gasteiger partial charge is 0.316 e. The molecule has 2 aromatic carbocycles. The van der Waals surface area contributed by atoms with E-state index >= 15 is 0 Å². The molecule has 3 aromatic rings. The highest BCUT2D eigenvalue weighted by Crippen LogP contribution is 2.35. The molecule has 0 saturated heterocycles. The predicted octanol–water partition coefficient (Wildman–Crippen LogP) is 6.21. The molecule has 1 heterocycles. The second-order valence-electron chi connectivity index (χ2n) is 7.60. The van der Waals surface area contributed by atoms with Crippen LogP contribution in [0.3, 0.4) is 0 Å². The van der Waals surface area contributed by atoms with Crippen LogP contribution < -0.4 is 4.90 Å². The lowest BCUT2D eigenvalue weighted by Crippen LogP contribution is -2.31. The Balaban J connectivity index is 1.99. The molecule has 0 saturated carbocycles. The molecule has 0 fully saturated rings. The maximum Gasteiger partial charge on any atom is 0.316 e. The molecule has 0 atom stereocenters. The van der Waals surface area contributed by atoms with Crippen LogP contribution in [0.15, 0.2) is 54.7 Å². The van der Waals surface area contributed by atoms with Crippen molar-refractivity contribution in [3.8, 4) is 17.2 Å². The van der Waals surface area contributed by atoms with E-state index in [0.717, 1.165) is 23.1 Å². The Morgan fingerprint density at radius 1 is 1.21 bits per heavy atom. The highest BCUT2D eigenvalue weighted by atomic mass is 35.5. The third-order valence-corrected chi connectivity index (χ3v) is 5.74. The Labute approximate surface area is 197 Å². The molecule has 1 aromatic heterocycles. The summed E-state index contributed by atoms with van der Waals surface area (Å²) < 4.78 is 0. The average molecular weight is 463 g/mol. The molecule has 168 valence electrons. The number of anilines is 1. The van der Waals surface area contributed by atoms with Gasteiger partial charge in [-0.25, -0.2) is 4.98 Å². The number of nitriles is 1. The van der Waals surface area contributed by atoms with Gasteiger partial charge in [0.1, 0.15) is 0 Å². The Hall–Kier alpha value is -3.76. The summed E-state index contributed by atoms with van der Waals surface area (Å²) in [6.07, 6.45) is 3.08.